The summed E-state index contributed by atoms with van der Waals surface area (Å²) in [5.74, 6) is 0. The van der Waals surface area contributed by atoms with Gasteiger partial charge in [-0.25, -0.2) is 13.1 Å². The second-order valence-electron chi connectivity index (χ2n) is 5.81. The van der Waals surface area contributed by atoms with Crippen LogP contribution in [-0.2, 0) is 14.8 Å². The molecular formula is C14H20N2O3S. The first-order chi connectivity index (χ1) is 9.37. The maximum atomic E-state index is 12.5. The lowest BCUT2D eigenvalue weighted by molar-refractivity contribution is 0.0996. The molecule has 2 bridgehead atoms. The van der Waals surface area contributed by atoms with Crippen molar-refractivity contribution in [2.45, 2.75) is 56.3 Å². The third-order valence-electron chi connectivity index (χ3n) is 4.33. The van der Waals surface area contributed by atoms with Crippen LogP contribution in [0.3, 0.4) is 0 Å². The molecule has 6 heteroatoms. The third-order valence-corrected chi connectivity index (χ3v) is 5.87. The Morgan fingerprint density at radius 2 is 1.95 bits per heavy atom. The van der Waals surface area contributed by atoms with Crippen LogP contribution in [0.1, 0.15) is 30.4 Å². The van der Waals surface area contributed by atoms with Crippen LogP contribution in [0.15, 0.2) is 17.0 Å². The van der Waals surface area contributed by atoms with Crippen LogP contribution in [0.2, 0.25) is 0 Å². The molecule has 3 unspecified atom stereocenters. The predicted molar refractivity (Wildman–Crippen MR) is 76.9 cm³/mol. The lowest BCUT2D eigenvalue weighted by Crippen LogP contribution is -2.41. The van der Waals surface area contributed by atoms with Gasteiger partial charge >= 0.3 is 0 Å². The quantitative estimate of drug-likeness (QED) is 0.828. The molecule has 2 aliphatic rings. The topological polar surface area (TPSA) is 81.4 Å². The number of nitrogen functional groups attached to an aromatic ring is 1. The number of fused-ring (bicyclic) bond motifs is 2. The maximum absolute atomic E-state index is 12.5. The van der Waals surface area contributed by atoms with Gasteiger partial charge in [0.15, 0.2) is 0 Å². The van der Waals surface area contributed by atoms with E-state index in [1.807, 2.05) is 13.8 Å². The largest absolute Gasteiger partial charge is 0.398 e. The van der Waals surface area contributed by atoms with Gasteiger partial charge < -0.3 is 10.5 Å². The minimum Gasteiger partial charge on any atom is -0.398 e. The zero-order valence-corrected chi connectivity index (χ0v) is 12.5. The highest BCUT2D eigenvalue weighted by Gasteiger charge is 2.42. The molecule has 5 nitrogen and oxygen atoms in total. The Kier molecular flexibility index (Phi) is 3.27. The Labute approximate surface area is 119 Å². The van der Waals surface area contributed by atoms with Crippen LogP contribution in [0, 0.1) is 13.8 Å². The molecule has 1 aromatic carbocycles. The fourth-order valence-corrected chi connectivity index (χ4v) is 4.54. The fraction of sp³-hybridized carbons (Fsp3) is 0.571. The molecule has 2 fully saturated rings. The number of hydrogen-bond donors (Lipinski definition) is 2. The van der Waals surface area contributed by atoms with Gasteiger partial charge in [-0.15, -0.1) is 0 Å². The highest BCUT2D eigenvalue weighted by atomic mass is 32.2. The maximum Gasteiger partial charge on any atom is 0.242 e. The van der Waals surface area contributed by atoms with Crippen LogP contribution in [0.4, 0.5) is 5.69 Å². The number of anilines is 1. The predicted octanol–water partition coefficient (Wildman–Crippen LogP) is 1.48. The number of ether oxygens (including phenoxy) is 1. The van der Waals surface area contributed by atoms with Crippen LogP contribution >= 0.6 is 0 Å². The standard InChI is InChI=1S/C14H20N2O3S/c1-8-5-11(15)14(6-9(8)2)20(17,18)16-12-7-10-3-4-13(12)19-10/h5-6,10,12-13,16H,3-4,7,15H2,1-2H3. The van der Waals surface area contributed by atoms with Gasteiger partial charge in [-0.05, 0) is 56.4 Å². The van der Waals surface area contributed by atoms with E-state index in [1.54, 1.807) is 12.1 Å². The molecule has 0 amide bonds. The Morgan fingerprint density at radius 3 is 2.55 bits per heavy atom. The molecule has 3 rings (SSSR count). The summed E-state index contributed by atoms with van der Waals surface area (Å²) in [5.41, 5.74) is 8.08. The van der Waals surface area contributed by atoms with Gasteiger partial charge in [0.1, 0.15) is 4.90 Å². The normalized spacial score (nSPS) is 29.0. The highest BCUT2D eigenvalue weighted by Crippen LogP contribution is 2.35. The Morgan fingerprint density at radius 1 is 1.25 bits per heavy atom. The van der Waals surface area contributed by atoms with Crippen LogP contribution in [-0.4, -0.2) is 26.7 Å². The van der Waals surface area contributed by atoms with Gasteiger partial charge in [0, 0.05) is 0 Å². The fourth-order valence-electron chi connectivity index (χ4n) is 3.07. The monoisotopic (exact) mass is 296 g/mol. The minimum absolute atomic E-state index is 0.0162. The van der Waals surface area contributed by atoms with Crippen molar-refractivity contribution in [2.75, 3.05) is 5.73 Å². The van der Waals surface area contributed by atoms with Crippen molar-refractivity contribution < 1.29 is 13.2 Å². The molecular weight excluding hydrogens is 276 g/mol. The molecule has 110 valence electrons. The molecule has 1 aromatic rings. The van der Waals surface area contributed by atoms with Gasteiger partial charge in [0.05, 0.1) is 23.9 Å². The molecule has 2 heterocycles. The van der Waals surface area contributed by atoms with Crippen LogP contribution in [0.5, 0.6) is 0 Å². The van der Waals surface area contributed by atoms with Gasteiger partial charge in [-0.3, -0.25) is 0 Å². The van der Waals surface area contributed by atoms with Crippen molar-refractivity contribution in [3.63, 3.8) is 0 Å². The zero-order chi connectivity index (χ0) is 14.5. The summed E-state index contributed by atoms with van der Waals surface area (Å²) in [6.45, 7) is 3.80. The summed E-state index contributed by atoms with van der Waals surface area (Å²) >= 11 is 0. The average molecular weight is 296 g/mol. The average Bonchev–Trinajstić information content (AvgIpc) is 2.95. The second-order valence-corrected chi connectivity index (χ2v) is 7.49. The van der Waals surface area contributed by atoms with E-state index in [4.69, 9.17) is 10.5 Å². The summed E-state index contributed by atoms with van der Waals surface area (Å²) in [4.78, 5) is 0.170. The molecule has 0 spiro atoms. The number of benzene rings is 1. The first-order valence-corrected chi connectivity index (χ1v) is 8.39. The van der Waals surface area contributed by atoms with E-state index in [2.05, 4.69) is 4.72 Å². The van der Waals surface area contributed by atoms with E-state index in [0.717, 1.165) is 30.4 Å². The van der Waals surface area contributed by atoms with Crippen molar-refractivity contribution in [3.8, 4) is 0 Å². The lowest BCUT2D eigenvalue weighted by atomic mass is 9.96. The second kappa shape index (κ2) is 4.72. The van der Waals surface area contributed by atoms with Crippen molar-refractivity contribution in [1.29, 1.82) is 0 Å². The molecule has 0 radical (unpaired) electrons. The molecule has 3 N–H and O–H groups in total. The molecule has 20 heavy (non-hydrogen) atoms. The third kappa shape index (κ3) is 2.32. The zero-order valence-electron chi connectivity index (χ0n) is 11.7. The molecule has 3 atom stereocenters. The first kappa shape index (κ1) is 13.9. The SMILES string of the molecule is Cc1cc(N)c(S(=O)(=O)NC2CC3CCC2O3)cc1C. The smallest absolute Gasteiger partial charge is 0.242 e. The number of hydrogen-bond acceptors (Lipinski definition) is 4. The van der Waals surface area contributed by atoms with Crippen molar-refractivity contribution in [1.82, 2.24) is 4.72 Å². The van der Waals surface area contributed by atoms with E-state index in [1.165, 1.54) is 0 Å². The van der Waals surface area contributed by atoms with E-state index in [9.17, 15) is 8.42 Å². The minimum atomic E-state index is -3.59. The summed E-state index contributed by atoms with van der Waals surface area (Å²) in [7, 11) is -3.59. The van der Waals surface area contributed by atoms with Crippen molar-refractivity contribution in [2.24, 2.45) is 0 Å². The molecule has 2 aliphatic heterocycles. The summed E-state index contributed by atoms with van der Waals surface area (Å²) in [6.07, 6.45) is 2.95. The van der Waals surface area contributed by atoms with E-state index in [-0.39, 0.29) is 23.1 Å². The van der Waals surface area contributed by atoms with Gasteiger partial charge in [0.25, 0.3) is 0 Å². The van der Waals surface area contributed by atoms with E-state index in [0.29, 0.717) is 5.69 Å². The number of rotatable bonds is 3. The van der Waals surface area contributed by atoms with Crippen molar-refractivity contribution >= 4 is 15.7 Å². The Bertz CT molecular complexity index is 642. The Balaban J connectivity index is 1.87. The van der Waals surface area contributed by atoms with Gasteiger partial charge in [-0.2, -0.15) is 0 Å². The lowest BCUT2D eigenvalue weighted by Gasteiger charge is -2.21. The highest BCUT2D eigenvalue weighted by molar-refractivity contribution is 7.89. The van der Waals surface area contributed by atoms with Gasteiger partial charge in [-0.1, -0.05) is 0 Å². The number of nitrogens with two attached hydrogens (primary N) is 1. The number of nitrogens with one attached hydrogen (secondary N) is 1. The van der Waals surface area contributed by atoms with Crippen LogP contribution < -0.4 is 10.5 Å². The van der Waals surface area contributed by atoms with E-state index < -0.39 is 10.0 Å². The molecule has 0 aliphatic carbocycles. The summed E-state index contributed by atoms with van der Waals surface area (Å²) in [6, 6.07) is 3.22. The number of sulfonamides is 1. The Hall–Kier alpha value is -1.11. The van der Waals surface area contributed by atoms with Gasteiger partial charge in [0.2, 0.25) is 10.0 Å². The number of aryl methyl sites for hydroxylation is 2. The molecule has 0 saturated carbocycles. The summed E-state index contributed by atoms with van der Waals surface area (Å²) < 4.78 is 33.4. The van der Waals surface area contributed by atoms with Crippen LogP contribution in [0.25, 0.3) is 0 Å². The first-order valence-electron chi connectivity index (χ1n) is 6.91. The van der Waals surface area contributed by atoms with E-state index >= 15 is 0 Å². The molecule has 0 aromatic heterocycles. The molecule has 2 saturated heterocycles. The van der Waals surface area contributed by atoms with Crippen molar-refractivity contribution in [3.05, 3.63) is 23.3 Å². The summed E-state index contributed by atoms with van der Waals surface area (Å²) in [5, 5.41) is 0.